The summed E-state index contributed by atoms with van der Waals surface area (Å²) < 4.78 is 0. The maximum Gasteiger partial charge on any atom is 0.0648 e. The number of hydrazine groups is 1. The number of rotatable bonds is 4. The molecule has 0 bridgehead atoms. The lowest BCUT2D eigenvalue weighted by atomic mass is 9.98. The maximum absolute atomic E-state index is 6.04. The van der Waals surface area contributed by atoms with Gasteiger partial charge in [-0.3, -0.25) is 11.3 Å². The molecule has 6 heteroatoms. The molecule has 0 spiro atoms. The first-order valence-corrected chi connectivity index (χ1v) is 6.97. The molecule has 0 aliphatic heterocycles. The van der Waals surface area contributed by atoms with Gasteiger partial charge < -0.3 is 0 Å². The first-order chi connectivity index (χ1) is 9.51. The summed E-state index contributed by atoms with van der Waals surface area (Å²) in [5.41, 5.74) is 6.63. The summed E-state index contributed by atoms with van der Waals surface area (Å²) in [6, 6.07) is 7.52. The lowest BCUT2D eigenvalue weighted by molar-refractivity contribution is 0.544. The Morgan fingerprint density at radius 2 is 1.90 bits per heavy atom. The third kappa shape index (κ3) is 3.46. The molecule has 0 radical (unpaired) electrons. The lowest BCUT2D eigenvalue weighted by Crippen LogP contribution is -2.30. The highest BCUT2D eigenvalue weighted by molar-refractivity contribution is 6.42. The molecule has 1 aromatic carbocycles. The first kappa shape index (κ1) is 15.2. The van der Waals surface area contributed by atoms with Crippen molar-refractivity contribution in [3.8, 4) is 0 Å². The largest absolute Gasteiger partial charge is 0.271 e. The van der Waals surface area contributed by atoms with Crippen molar-refractivity contribution in [1.82, 2.24) is 15.6 Å². The molecule has 4 nitrogen and oxygen atoms in total. The predicted molar refractivity (Wildman–Crippen MR) is 81.7 cm³/mol. The van der Waals surface area contributed by atoms with Crippen molar-refractivity contribution in [2.45, 2.75) is 26.3 Å². The number of nitrogens with one attached hydrogen (secondary N) is 1. The molecule has 2 rings (SSSR count). The van der Waals surface area contributed by atoms with Crippen LogP contribution < -0.4 is 11.3 Å². The van der Waals surface area contributed by atoms with E-state index in [0.29, 0.717) is 16.5 Å². The van der Waals surface area contributed by atoms with Gasteiger partial charge >= 0.3 is 0 Å². The van der Waals surface area contributed by atoms with Crippen LogP contribution in [0.2, 0.25) is 10.0 Å². The fourth-order valence-electron chi connectivity index (χ4n) is 2.08. The second-order valence-corrected chi connectivity index (χ2v) is 5.51. The molecule has 106 valence electrons. The van der Waals surface area contributed by atoms with Gasteiger partial charge in [-0.25, -0.2) is 0 Å². The maximum atomic E-state index is 6.04. The van der Waals surface area contributed by atoms with Gasteiger partial charge in [-0.05, 0) is 49.6 Å². The minimum Gasteiger partial charge on any atom is -0.271 e. The van der Waals surface area contributed by atoms with Gasteiger partial charge in [-0.1, -0.05) is 29.3 Å². The summed E-state index contributed by atoms with van der Waals surface area (Å²) in [6.45, 7) is 3.82. The van der Waals surface area contributed by atoms with Crippen molar-refractivity contribution in [3.63, 3.8) is 0 Å². The highest BCUT2D eigenvalue weighted by atomic mass is 35.5. The van der Waals surface area contributed by atoms with E-state index in [1.165, 1.54) is 0 Å². The van der Waals surface area contributed by atoms with Crippen molar-refractivity contribution >= 4 is 23.2 Å². The third-order valence-corrected chi connectivity index (χ3v) is 3.88. The van der Waals surface area contributed by atoms with E-state index in [1.54, 1.807) is 6.07 Å². The molecule has 1 aromatic heterocycles. The van der Waals surface area contributed by atoms with Crippen LogP contribution in [0.3, 0.4) is 0 Å². The van der Waals surface area contributed by atoms with Crippen molar-refractivity contribution in [1.29, 1.82) is 0 Å². The molecule has 1 unspecified atom stereocenters. The van der Waals surface area contributed by atoms with Crippen LogP contribution in [0.5, 0.6) is 0 Å². The molecule has 3 N–H and O–H groups in total. The summed E-state index contributed by atoms with van der Waals surface area (Å²) in [7, 11) is 0. The van der Waals surface area contributed by atoms with Crippen molar-refractivity contribution in [2.75, 3.05) is 0 Å². The number of hydrogen-bond donors (Lipinski definition) is 2. The smallest absolute Gasteiger partial charge is 0.0648 e. The number of nitrogens with two attached hydrogens (primary N) is 1. The average molecular weight is 311 g/mol. The Morgan fingerprint density at radius 1 is 1.15 bits per heavy atom. The van der Waals surface area contributed by atoms with E-state index in [1.807, 2.05) is 32.0 Å². The summed E-state index contributed by atoms with van der Waals surface area (Å²) in [4.78, 5) is 0. The predicted octanol–water partition coefficient (Wildman–Crippen LogP) is 3.15. The topological polar surface area (TPSA) is 63.8 Å². The Hall–Kier alpha value is -1.20. The number of aromatic nitrogens is 2. The van der Waals surface area contributed by atoms with Gasteiger partial charge in [0.1, 0.15) is 0 Å². The van der Waals surface area contributed by atoms with Crippen molar-refractivity contribution < 1.29 is 0 Å². The Morgan fingerprint density at radius 3 is 2.55 bits per heavy atom. The minimum absolute atomic E-state index is 0.0542. The highest BCUT2D eigenvalue weighted by Gasteiger charge is 2.15. The molecule has 0 fully saturated rings. The van der Waals surface area contributed by atoms with Crippen LogP contribution in [0.1, 0.15) is 28.6 Å². The molecule has 2 aromatic rings. The van der Waals surface area contributed by atoms with Gasteiger partial charge in [0.05, 0.1) is 27.5 Å². The highest BCUT2D eigenvalue weighted by Crippen LogP contribution is 2.26. The third-order valence-electron chi connectivity index (χ3n) is 3.14. The monoisotopic (exact) mass is 310 g/mol. The van der Waals surface area contributed by atoms with Crippen molar-refractivity contribution in [2.24, 2.45) is 5.84 Å². The Kier molecular flexibility index (Phi) is 4.94. The quantitative estimate of drug-likeness (QED) is 0.672. The second kappa shape index (κ2) is 6.50. The van der Waals surface area contributed by atoms with Crippen LogP contribution in [-0.4, -0.2) is 10.2 Å². The van der Waals surface area contributed by atoms with E-state index < -0.39 is 0 Å². The number of halogens is 2. The van der Waals surface area contributed by atoms with E-state index >= 15 is 0 Å². The van der Waals surface area contributed by atoms with Gasteiger partial charge in [0.25, 0.3) is 0 Å². The molecule has 0 aliphatic rings. The summed E-state index contributed by atoms with van der Waals surface area (Å²) in [5.74, 6) is 5.68. The average Bonchev–Trinajstić information content (AvgIpc) is 2.43. The van der Waals surface area contributed by atoms with Gasteiger partial charge in [-0.15, -0.1) is 0 Å². The summed E-state index contributed by atoms with van der Waals surface area (Å²) >= 11 is 12.0. The van der Waals surface area contributed by atoms with Crippen LogP contribution in [0.25, 0.3) is 0 Å². The number of aryl methyl sites for hydroxylation is 2. The van der Waals surface area contributed by atoms with E-state index in [-0.39, 0.29) is 6.04 Å². The zero-order valence-electron chi connectivity index (χ0n) is 11.3. The van der Waals surface area contributed by atoms with E-state index in [2.05, 4.69) is 15.6 Å². The summed E-state index contributed by atoms with van der Waals surface area (Å²) in [5, 5.41) is 9.25. The SMILES string of the molecule is Cc1cc(C(Cc2ccc(Cl)c(Cl)c2)NN)c(C)nn1. The van der Waals surface area contributed by atoms with Gasteiger partial charge in [0.2, 0.25) is 0 Å². The zero-order valence-corrected chi connectivity index (χ0v) is 12.8. The standard InChI is InChI=1S/C14H16Cl2N4/c1-8-5-11(9(2)20-19-8)14(18-17)7-10-3-4-12(15)13(16)6-10/h3-6,14,18H,7,17H2,1-2H3. The van der Waals surface area contributed by atoms with Crippen LogP contribution >= 0.6 is 23.2 Å². The molecule has 20 heavy (non-hydrogen) atoms. The normalized spacial score (nSPS) is 12.4. The molecule has 0 amide bonds. The minimum atomic E-state index is -0.0542. The molecular formula is C14H16Cl2N4. The molecule has 1 heterocycles. The fraction of sp³-hybridized carbons (Fsp3) is 0.286. The Labute approximate surface area is 128 Å². The number of hydrogen-bond acceptors (Lipinski definition) is 4. The second-order valence-electron chi connectivity index (χ2n) is 4.70. The first-order valence-electron chi connectivity index (χ1n) is 6.22. The van der Waals surface area contributed by atoms with E-state index in [0.717, 1.165) is 22.5 Å². The van der Waals surface area contributed by atoms with Crippen molar-refractivity contribution in [3.05, 3.63) is 56.8 Å². The fourth-order valence-corrected chi connectivity index (χ4v) is 2.40. The molecule has 0 aliphatic carbocycles. The van der Waals surface area contributed by atoms with Crippen LogP contribution in [0.15, 0.2) is 24.3 Å². The van der Waals surface area contributed by atoms with Crippen LogP contribution in [0, 0.1) is 13.8 Å². The zero-order chi connectivity index (χ0) is 14.7. The Balaban J connectivity index is 2.28. The van der Waals surface area contributed by atoms with Gasteiger partial charge in [-0.2, -0.15) is 10.2 Å². The van der Waals surface area contributed by atoms with Crippen LogP contribution in [-0.2, 0) is 6.42 Å². The molecular weight excluding hydrogens is 295 g/mol. The van der Waals surface area contributed by atoms with Gasteiger partial charge in [0, 0.05) is 0 Å². The summed E-state index contributed by atoms with van der Waals surface area (Å²) in [6.07, 6.45) is 0.694. The lowest BCUT2D eigenvalue weighted by Gasteiger charge is -2.18. The number of benzene rings is 1. The Bertz CT molecular complexity index is 616. The van der Waals surface area contributed by atoms with Gasteiger partial charge in [0.15, 0.2) is 0 Å². The molecule has 0 saturated heterocycles. The van der Waals surface area contributed by atoms with E-state index in [9.17, 15) is 0 Å². The molecule has 1 atom stereocenters. The van der Waals surface area contributed by atoms with E-state index in [4.69, 9.17) is 29.0 Å². The number of nitrogens with zero attached hydrogens (tertiary/aromatic N) is 2. The molecule has 0 saturated carbocycles. The van der Waals surface area contributed by atoms with Crippen LogP contribution in [0.4, 0.5) is 0 Å².